The lowest BCUT2D eigenvalue weighted by molar-refractivity contribution is -0.137. The topological polar surface area (TPSA) is 65.8 Å². The van der Waals surface area contributed by atoms with Gasteiger partial charge in [0.25, 0.3) is 5.79 Å². The SMILES string of the molecule is CC1CC(F)(N=[N+]=[N-])C(=O)c2ccc(C(F)(F)F)cc21. The Balaban J connectivity index is 2.57. The largest absolute Gasteiger partial charge is 0.416 e. The van der Waals surface area contributed by atoms with Crippen LogP contribution in [0.5, 0.6) is 0 Å². The number of alkyl halides is 4. The quantitative estimate of drug-likeness (QED) is 0.248. The van der Waals surface area contributed by atoms with E-state index in [4.69, 9.17) is 5.53 Å². The molecule has 20 heavy (non-hydrogen) atoms. The Hall–Kier alpha value is -2.08. The second kappa shape index (κ2) is 4.49. The number of azide groups is 1. The molecular formula is C12H9F4N3O. The van der Waals surface area contributed by atoms with E-state index in [0.29, 0.717) is 6.07 Å². The Morgan fingerprint density at radius 2 is 2.10 bits per heavy atom. The van der Waals surface area contributed by atoms with Gasteiger partial charge < -0.3 is 0 Å². The first-order chi connectivity index (χ1) is 9.19. The van der Waals surface area contributed by atoms with Crippen LogP contribution in [0.3, 0.4) is 0 Å². The molecule has 0 aromatic heterocycles. The zero-order valence-electron chi connectivity index (χ0n) is 10.3. The highest BCUT2D eigenvalue weighted by Gasteiger charge is 2.46. The molecule has 2 rings (SSSR count). The summed E-state index contributed by atoms with van der Waals surface area (Å²) in [5.74, 6) is -4.50. The fraction of sp³-hybridized carbons (Fsp3) is 0.417. The van der Waals surface area contributed by atoms with Gasteiger partial charge in [-0.1, -0.05) is 13.0 Å². The first-order valence-corrected chi connectivity index (χ1v) is 5.70. The van der Waals surface area contributed by atoms with E-state index in [0.717, 1.165) is 12.1 Å². The van der Waals surface area contributed by atoms with Crippen LogP contribution in [0.2, 0.25) is 0 Å². The summed E-state index contributed by atoms with van der Waals surface area (Å²) < 4.78 is 52.1. The Kier molecular flexibility index (Phi) is 3.21. The van der Waals surface area contributed by atoms with Gasteiger partial charge in [0.15, 0.2) is 0 Å². The Bertz CT molecular complexity index is 622. The molecule has 0 N–H and O–H groups in total. The van der Waals surface area contributed by atoms with Crippen LogP contribution in [-0.4, -0.2) is 11.6 Å². The van der Waals surface area contributed by atoms with Gasteiger partial charge in [-0.2, -0.15) is 13.2 Å². The van der Waals surface area contributed by atoms with Crippen LogP contribution in [0.25, 0.3) is 10.4 Å². The van der Waals surface area contributed by atoms with Crippen molar-refractivity contribution in [2.24, 2.45) is 5.11 Å². The molecule has 0 radical (unpaired) electrons. The van der Waals surface area contributed by atoms with Gasteiger partial charge in [0.2, 0.25) is 5.78 Å². The number of nitrogens with zero attached hydrogens (tertiary/aromatic N) is 3. The fourth-order valence-corrected chi connectivity index (χ4v) is 2.33. The van der Waals surface area contributed by atoms with Crippen molar-refractivity contribution in [1.29, 1.82) is 0 Å². The van der Waals surface area contributed by atoms with E-state index >= 15 is 0 Å². The lowest BCUT2D eigenvalue weighted by atomic mass is 9.78. The summed E-state index contributed by atoms with van der Waals surface area (Å²) in [6.07, 6.45) is -5.00. The number of benzene rings is 1. The van der Waals surface area contributed by atoms with Crippen LogP contribution in [0.15, 0.2) is 23.3 Å². The average molecular weight is 287 g/mol. The third-order valence-electron chi connectivity index (χ3n) is 3.28. The number of halogens is 4. The van der Waals surface area contributed by atoms with Crippen molar-refractivity contribution in [1.82, 2.24) is 0 Å². The van der Waals surface area contributed by atoms with E-state index in [1.54, 1.807) is 0 Å². The summed E-state index contributed by atoms with van der Waals surface area (Å²) in [7, 11) is 0. The van der Waals surface area contributed by atoms with Gasteiger partial charge in [-0.25, -0.2) is 4.39 Å². The van der Waals surface area contributed by atoms with Crippen LogP contribution >= 0.6 is 0 Å². The summed E-state index contributed by atoms with van der Waals surface area (Å²) in [6, 6.07) is 2.48. The van der Waals surface area contributed by atoms with Crippen molar-refractivity contribution in [3.05, 3.63) is 45.3 Å². The van der Waals surface area contributed by atoms with E-state index in [9.17, 15) is 22.4 Å². The minimum Gasteiger partial charge on any atom is -0.290 e. The van der Waals surface area contributed by atoms with Gasteiger partial charge >= 0.3 is 6.18 Å². The summed E-state index contributed by atoms with van der Waals surface area (Å²) in [4.78, 5) is 14.2. The molecule has 1 aliphatic rings. The highest BCUT2D eigenvalue weighted by atomic mass is 19.4. The maximum Gasteiger partial charge on any atom is 0.416 e. The van der Waals surface area contributed by atoms with Crippen molar-refractivity contribution in [3.8, 4) is 0 Å². The number of rotatable bonds is 1. The monoisotopic (exact) mass is 287 g/mol. The van der Waals surface area contributed by atoms with Gasteiger partial charge in [-0.05, 0) is 34.3 Å². The van der Waals surface area contributed by atoms with Gasteiger partial charge in [0.05, 0.1) is 5.56 Å². The smallest absolute Gasteiger partial charge is 0.290 e. The van der Waals surface area contributed by atoms with Gasteiger partial charge in [-0.3, -0.25) is 4.79 Å². The van der Waals surface area contributed by atoms with Crippen molar-refractivity contribution in [3.63, 3.8) is 0 Å². The van der Waals surface area contributed by atoms with Crippen LogP contribution in [0.1, 0.15) is 40.7 Å². The average Bonchev–Trinajstić information content (AvgIpc) is 2.35. The van der Waals surface area contributed by atoms with E-state index < -0.39 is 35.7 Å². The number of carbonyl (C=O) groups excluding carboxylic acids is 1. The van der Waals surface area contributed by atoms with Gasteiger partial charge in [0, 0.05) is 16.9 Å². The lowest BCUT2D eigenvalue weighted by Crippen LogP contribution is -2.37. The van der Waals surface area contributed by atoms with Gasteiger partial charge in [0.1, 0.15) is 0 Å². The number of Topliss-reactive ketones (excluding diaryl/α,β-unsaturated/α-hetero) is 1. The minimum absolute atomic E-state index is 0.117. The van der Waals surface area contributed by atoms with Crippen molar-refractivity contribution >= 4 is 5.78 Å². The zero-order chi connectivity index (χ0) is 15.1. The van der Waals surface area contributed by atoms with Crippen LogP contribution in [0.4, 0.5) is 17.6 Å². The number of ketones is 1. The molecule has 4 nitrogen and oxygen atoms in total. The number of fused-ring (bicyclic) bond motifs is 1. The summed E-state index contributed by atoms with van der Waals surface area (Å²) >= 11 is 0. The van der Waals surface area contributed by atoms with Crippen molar-refractivity contribution in [2.45, 2.75) is 31.2 Å². The third-order valence-corrected chi connectivity index (χ3v) is 3.28. The normalized spacial score (nSPS) is 25.9. The lowest BCUT2D eigenvalue weighted by Gasteiger charge is -2.30. The summed E-state index contributed by atoms with van der Waals surface area (Å²) in [5.41, 5.74) is 7.35. The van der Waals surface area contributed by atoms with E-state index in [-0.39, 0.29) is 11.1 Å². The van der Waals surface area contributed by atoms with Crippen molar-refractivity contribution < 1.29 is 22.4 Å². The predicted octanol–water partition coefficient (Wildman–Crippen LogP) is 4.37. The first kappa shape index (κ1) is 14.3. The molecule has 8 heteroatoms. The molecule has 0 saturated heterocycles. The van der Waals surface area contributed by atoms with E-state index in [1.807, 2.05) is 0 Å². The molecule has 2 unspecified atom stereocenters. The second-order valence-electron chi connectivity index (χ2n) is 4.68. The molecule has 0 fully saturated rings. The Morgan fingerprint density at radius 1 is 1.45 bits per heavy atom. The molecule has 2 atom stereocenters. The van der Waals surface area contributed by atoms with Crippen molar-refractivity contribution in [2.75, 3.05) is 0 Å². The number of carbonyl (C=O) groups is 1. The molecule has 0 aliphatic heterocycles. The Labute approximate surface area is 111 Å². The third kappa shape index (κ3) is 2.22. The Morgan fingerprint density at radius 3 is 2.65 bits per heavy atom. The standard InChI is InChI=1S/C12H9F4N3O/c1-6-5-11(13,18-19-17)10(20)8-3-2-7(4-9(6)8)12(14,15)16/h2-4,6H,5H2,1H3. The fourth-order valence-electron chi connectivity index (χ4n) is 2.33. The molecule has 0 heterocycles. The maximum absolute atomic E-state index is 14.2. The highest BCUT2D eigenvalue weighted by molar-refractivity contribution is 6.04. The second-order valence-corrected chi connectivity index (χ2v) is 4.68. The van der Waals surface area contributed by atoms with Gasteiger partial charge in [-0.15, -0.1) is 0 Å². The predicted molar refractivity (Wildman–Crippen MR) is 61.8 cm³/mol. The van der Waals surface area contributed by atoms with Crippen LogP contribution in [-0.2, 0) is 6.18 Å². The molecule has 1 aromatic rings. The summed E-state index contributed by atoms with van der Waals surface area (Å²) in [6.45, 7) is 1.48. The molecule has 0 bridgehead atoms. The molecule has 0 saturated carbocycles. The van der Waals surface area contributed by atoms with Crippen LogP contribution < -0.4 is 0 Å². The van der Waals surface area contributed by atoms with E-state index in [1.165, 1.54) is 6.92 Å². The molecule has 0 amide bonds. The molecule has 1 aromatic carbocycles. The maximum atomic E-state index is 14.2. The molecular weight excluding hydrogens is 278 g/mol. The first-order valence-electron chi connectivity index (χ1n) is 5.70. The molecule has 1 aliphatic carbocycles. The zero-order valence-corrected chi connectivity index (χ0v) is 10.3. The summed E-state index contributed by atoms with van der Waals surface area (Å²) in [5, 5.41) is 2.86. The molecule has 0 spiro atoms. The minimum atomic E-state index is -4.53. The van der Waals surface area contributed by atoms with Crippen LogP contribution in [0, 0.1) is 0 Å². The molecule has 106 valence electrons. The number of hydrogen-bond acceptors (Lipinski definition) is 2. The number of hydrogen-bond donors (Lipinski definition) is 0. The highest BCUT2D eigenvalue weighted by Crippen LogP contribution is 2.42. The van der Waals surface area contributed by atoms with E-state index in [2.05, 4.69) is 10.0 Å².